The van der Waals surface area contributed by atoms with Gasteiger partial charge in [0.25, 0.3) is 0 Å². The fraction of sp³-hybridized carbons (Fsp3) is 1.00. The van der Waals surface area contributed by atoms with Crippen LogP contribution in [0.5, 0.6) is 0 Å². The maximum absolute atomic E-state index is 6.24. The highest BCUT2D eigenvalue weighted by Gasteiger charge is 2.38. The van der Waals surface area contributed by atoms with Crippen molar-refractivity contribution in [1.82, 2.24) is 5.32 Å². The van der Waals surface area contributed by atoms with Gasteiger partial charge in [0.05, 0.1) is 11.7 Å². The van der Waals surface area contributed by atoms with E-state index in [1.165, 1.54) is 58.0 Å². The lowest BCUT2D eigenvalue weighted by Gasteiger charge is -2.43. The van der Waals surface area contributed by atoms with Crippen LogP contribution in [0.4, 0.5) is 0 Å². The molecule has 3 aliphatic rings. The first-order valence-electron chi connectivity index (χ1n) is 8.33. The number of hydrogen-bond acceptors (Lipinski definition) is 3. The Hall–Kier alpha value is -0.120. The monoisotopic (exact) mass is 267 g/mol. The Balaban J connectivity index is 1.45. The second-order valence-corrected chi connectivity index (χ2v) is 6.73. The van der Waals surface area contributed by atoms with Crippen LogP contribution in [0.1, 0.15) is 57.8 Å². The number of rotatable bonds is 3. The van der Waals surface area contributed by atoms with Crippen molar-refractivity contribution in [2.75, 3.05) is 26.3 Å². The molecule has 0 aromatic carbocycles. The van der Waals surface area contributed by atoms with E-state index < -0.39 is 0 Å². The Morgan fingerprint density at radius 3 is 2.63 bits per heavy atom. The molecule has 2 aliphatic heterocycles. The van der Waals surface area contributed by atoms with Crippen LogP contribution in [0.25, 0.3) is 0 Å². The van der Waals surface area contributed by atoms with Gasteiger partial charge in [-0.05, 0) is 51.1 Å². The van der Waals surface area contributed by atoms with Crippen molar-refractivity contribution in [3.63, 3.8) is 0 Å². The molecule has 110 valence electrons. The van der Waals surface area contributed by atoms with Crippen LogP contribution >= 0.6 is 0 Å². The number of hydrogen-bond donors (Lipinski definition) is 1. The highest BCUT2D eigenvalue weighted by atomic mass is 16.5. The summed E-state index contributed by atoms with van der Waals surface area (Å²) in [6.45, 7) is 4.23. The van der Waals surface area contributed by atoms with Gasteiger partial charge in [0, 0.05) is 19.6 Å². The van der Waals surface area contributed by atoms with E-state index in [9.17, 15) is 0 Å². The van der Waals surface area contributed by atoms with E-state index in [1.54, 1.807) is 0 Å². The topological polar surface area (TPSA) is 30.5 Å². The predicted molar refractivity (Wildman–Crippen MR) is 76.3 cm³/mol. The minimum atomic E-state index is 0.190. The van der Waals surface area contributed by atoms with Gasteiger partial charge in [-0.25, -0.2) is 0 Å². The minimum absolute atomic E-state index is 0.190. The third-order valence-electron chi connectivity index (χ3n) is 5.24. The molecule has 3 nitrogen and oxygen atoms in total. The van der Waals surface area contributed by atoms with E-state index in [0.29, 0.717) is 6.10 Å². The van der Waals surface area contributed by atoms with E-state index >= 15 is 0 Å². The van der Waals surface area contributed by atoms with Gasteiger partial charge in [-0.15, -0.1) is 0 Å². The molecule has 2 heterocycles. The fourth-order valence-electron chi connectivity index (χ4n) is 3.99. The van der Waals surface area contributed by atoms with Crippen molar-refractivity contribution in [2.45, 2.75) is 69.5 Å². The Morgan fingerprint density at radius 1 is 1.05 bits per heavy atom. The smallest absolute Gasteiger partial charge is 0.0707 e. The molecule has 0 radical (unpaired) electrons. The van der Waals surface area contributed by atoms with Crippen molar-refractivity contribution in [1.29, 1.82) is 0 Å². The molecular formula is C16H29NO2. The van der Waals surface area contributed by atoms with E-state index in [2.05, 4.69) is 5.32 Å². The molecule has 1 N–H and O–H groups in total. The van der Waals surface area contributed by atoms with Crippen molar-refractivity contribution >= 4 is 0 Å². The summed E-state index contributed by atoms with van der Waals surface area (Å²) in [5.41, 5.74) is 0.190. The normalized spacial score (nSPS) is 32.5. The Morgan fingerprint density at radius 2 is 1.84 bits per heavy atom. The van der Waals surface area contributed by atoms with Gasteiger partial charge >= 0.3 is 0 Å². The first-order valence-corrected chi connectivity index (χ1v) is 8.33. The van der Waals surface area contributed by atoms with Crippen LogP contribution in [0.3, 0.4) is 0 Å². The van der Waals surface area contributed by atoms with E-state index in [-0.39, 0.29) is 5.60 Å². The van der Waals surface area contributed by atoms with Gasteiger partial charge in [-0.1, -0.05) is 19.3 Å². The molecule has 1 spiro atoms. The number of ether oxygens (including phenoxy) is 2. The van der Waals surface area contributed by atoms with Gasteiger partial charge in [0.1, 0.15) is 0 Å². The lowest BCUT2D eigenvalue weighted by atomic mass is 9.79. The van der Waals surface area contributed by atoms with Gasteiger partial charge < -0.3 is 14.8 Å². The van der Waals surface area contributed by atoms with Crippen molar-refractivity contribution in [2.24, 2.45) is 5.92 Å². The van der Waals surface area contributed by atoms with Gasteiger partial charge in [0.2, 0.25) is 0 Å². The van der Waals surface area contributed by atoms with Crippen LogP contribution < -0.4 is 5.32 Å². The van der Waals surface area contributed by atoms with Crippen molar-refractivity contribution < 1.29 is 9.47 Å². The van der Waals surface area contributed by atoms with Gasteiger partial charge in [-0.3, -0.25) is 0 Å². The molecule has 3 rings (SSSR count). The first-order chi connectivity index (χ1) is 9.36. The molecule has 3 fully saturated rings. The standard InChI is InChI=1S/C16H29NO2/c1-2-7-16(8-3-1)12-15(6-11-19-16)18-13-14-4-9-17-10-5-14/h14-15,17H,1-13H2. The highest BCUT2D eigenvalue weighted by Crippen LogP contribution is 2.39. The van der Waals surface area contributed by atoms with E-state index in [4.69, 9.17) is 9.47 Å². The number of nitrogens with one attached hydrogen (secondary N) is 1. The highest BCUT2D eigenvalue weighted by molar-refractivity contribution is 4.90. The molecule has 2 saturated heterocycles. The molecule has 19 heavy (non-hydrogen) atoms. The zero-order valence-corrected chi connectivity index (χ0v) is 12.2. The van der Waals surface area contributed by atoms with Crippen LogP contribution in [-0.4, -0.2) is 38.0 Å². The van der Waals surface area contributed by atoms with Gasteiger partial charge in [-0.2, -0.15) is 0 Å². The Kier molecular flexibility index (Phi) is 4.78. The van der Waals surface area contributed by atoms with Crippen molar-refractivity contribution in [3.8, 4) is 0 Å². The molecule has 0 aromatic rings. The van der Waals surface area contributed by atoms with E-state index in [1.807, 2.05) is 0 Å². The predicted octanol–water partition coefficient (Wildman–Crippen LogP) is 2.88. The first kappa shape index (κ1) is 13.8. The Labute approximate surface area is 117 Å². The largest absolute Gasteiger partial charge is 0.378 e. The number of piperidine rings is 1. The molecule has 1 aliphatic carbocycles. The molecule has 0 bridgehead atoms. The summed E-state index contributed by atoms with van der Waals surface area (Å²) in [6.07, 6.45) is 11.9. The summed E-state index contributed by atoms with van der Waals surface area (Å²) >= 11 is 0. The third kappa shape index (κ3) is 3.71. The summed E-state index contributed by atoms with van der Waals surface area (Å²) in [4.78, 5) is 0. The molecular weight excluding hydrogens is 238 g/mol. The molecule has 1 unspecified atom stereocenters. The minimum Gasteiger partial charge on any atom is -0.378 e. The maximum atomic E-state index is 6.24. The van der Waals surface area contributed by atoms with Crippen LogP contribution in [0.2, 0.25) is 0 Å². The molecule has 0 aromatic heterocycles. The van der Waals surface area contributed by atoms with Crippen LogP contribution in [0, 0.1) is 5.92 Å². The zero-order valence-electron chi connectivity index (χ0n) is 12.2. The summed E-state index contributed by atoms with van der Waals surface area (Å²) in [5.74, 6) is 0.784. The van der Waals surface area contributed by atoms with Crippen LogP contribution in [0.15, 0.2) is 0 Å². The van der Waals surface area contributed by atoms with E-state index in [0.717, 1.165) is 32.0 Å². The Bertz CT molecular complexity index is 264. The molecule has 0 amide bonds. The van der Waals surface area contributed by atoms with Crippen LogP contribution in [-0.2, 0) is 9.47 Å². The third-order valence-corrected chi connectivity index (χ3v) is 5.24. The molecule has 1 saturated carbocycles. The second kappa shape index (κ2) is 6.55. The second-order valence-electron chi connectivity index (χ2n) is 6.73. The fourth-order valence-corrected chi connectivity index (χ4v) is 3.99. The van der Waals surface area contributed by atoms with Gasteiger partial charge in [0.15, 0.2) is 0 Å². The molecule has 3 heteroatoms. The zero-order chi connectivity index (χ0) is 13.0. The average Bonchev–Trinajstić information content (AvgIpc) is 2.47. The maximum Gasteiger partial charge on any atom is 0.0707 e. The SMILES string of the molecule is C1CCC2(CC1)CC(OCC1CCNCC1)CCO2. The quantitative estimate of drug-likeness (QED) is 0.853. The molecule has 1 atom stereocenters. The van der Waals surface area contributed by atoms with Crippen molar-refractivity contribution in [3.05, 3.63) is 0 Å². The summed E-state index contributed by atoms with van der Waals surface area (Å²) in [7, 11) is 0. The lowest BCUT2D eigenvalue weighted by Crippen LogP contribution is -2.44. The summed E-state index contributed by atoms with van der Waals surface area (Å²) in [6, 6.07) is 0. The summed E-state index contributed by atoms with van der Waals surface area (Å²) in [5, 5.41) is 3.42. The summed E-state index contributed by atoms with van der Waals surface area (Å²) < 4.78 is 12.4. The lowest BCUT2D eigenvalue weighted by molar-refractivity contribution is -0.151. The average molecular weight is 267 g/mol.